The van der Waals surface area contributed by atoms with E-state index >= 15 is 0 Å². The topological polar surface area (TPSA) is 20.2 Å². The number of unbranched alkanes of at least 4 members (excludes halogenated alkanes) is 4. The van der Waals surface area contributed by atoms with Crippen LogP contribution in [0, 0.1) is 0 Å². The van der Waals surface area contributed by atoms with E-state index < -0.39 is 0 Å². The summed E-state index contributed by atoms with van der Waals surface area (Å²) >= 11 is 0. The Bertz CT molecular complexity index is 140. The zero-order chi connectivity index (χ0) is 10.8. The molecule has 1 N–H and O–H groups in total. The number of aliphatic hydroxyl groups excluding tert-OH is 1. The summed E-state index contributed by atoms with van der Waals surface area (Å²) in [6, 6.07) is 0. The first kappa shape index (κ1) is 13.7. The van der Waals surface area contributed by atoms with E-state index in [1.807, 2.05) is 6.92 Å². The molecule has 0 rings (SSSR count). The van der Waals surface area contributed by atoms with Crippen LogP contribution >= 0.6 is 0 Å². The molecule has 0 aliphatic carbocycles. The lowest BCUT2D eigenvalue weighted by Gasteiger charge is -2.09. The summed E-state index contributed by atoms with van der Waals surface area (Å²) in [6.07, 6.45) is 9.13. The van der Waals surface area contributed by atoms with Gasteiger partial charge in [-0.25, -0.2) is 0 Å². The summed E-state index contributed by atoms with van der Waals surface area (Å²) in [5.41, 5.74) is 1.18. The maximum atomic E-state index is 9.61. The number of allylic oxidation sites excluding steroid dienone is 1. The molecule has 0 aromatic carbocycles. The van der Waals surface area contributed by atoms with E-state index in [-0.39, 0.29) is 6.10 Å². The van der Waals surface area contributed by atoms with Crippen molar-refractivity contribution in [2.75, 3.05) is 0 Å². The summed E-state index contributed by atoms with van der Waals surface area (Å²) in [5.74, 6) is 0. The average molecular weight is 198 g/mol. The van der Waals surface area contributed by atoms with Gasteiger partial charge in [0.2, 0.25) is 0 Å². The van der Waals surface area contributed by atoms with Crippen molar-refractivity contribution in [1.82, 2.24) is 0 Å². The van der Waals surface area contributed by atoms with E-state index in [0.717, 1.165) is 19.3 Å². The molecule has 0 fully saturated rings. The van der Waals surface area contributed by atoms with Crippen LogP contribution < -0.4 is 0 Å². The van der Waals surface area contributed by atoms with Crippen LogP contribution in [0.1, 0.15) is 65.2 Å². The predicted molar refractivity (Wildman–Crippen MR) is 63.4 cm³/mol. The third-order valence-electron chi connectivity index (χ3n) is 2.55. The molecular formula is C13H26O. The summed E-state index contributed by atoms with van der Waals surface area (Å²) in [5, 5.41) is 9.61. The number of aliphatic hydroxyl groups is 1. The van der Waals surface area contributed by atoms with Crippen LogP contribution in [0.25, 0.3) is 0 Å². The highest BCUT2D eigenvalue weighted by molar-refractivity contribution is 4.88. The van der Waals surface area contributed by atoms with Crippen LogP contribution in [-0.4, -0.2) is 11.2 Å². The van der Waals surface area contributed by atoms with Crippen molar-refractivity contribution in [1.29, 1.82) is 0 Å². The molecule has 0 aliphatic heterocycles. The Morgan fingerprint density at radius 2 is 1.79 bits per heavy atom. The zero-order valence-electron chi connectivity index (χ0n) is 9.89. The van der Waals surface area contributed by atoms with Gasteiger partial charge < -0.3 is 5.11 Å². The van der Waals surface area contributed by atoms with Gasteiger partial charge in [-0.15, -0.1) is 6.58 Å². The highest BCUT2D eigenvalue weighted by Crippen LogP contribution is 2.12. The van der Waals surface area contributed by atoms with Crippen molar-refractivity contribution < 1.29 is 5.11 Å². The smallest absolute Gasteiger partial charge is 0.0543 e. The molecule has 0 aromatic heterocycles. The van der Waals surface area contributed by atoms with Gasteiger partial charge in [0.05, 0.1) is 6.10 Å². The van der Waals surface area contributed by atoms with Crippen LogP contribution in [0.5, 0.6) is 0 Å². The first-order chi connectivity index (χ1) is 6.66. The Hall–Kier alpha value is -0.300. The normalized spacial score (nSPS) is 12.8. The first-order valence-corrected chi connectivity index (χ1v) is 5.99. The molecule has 14 heavy (non-hydrogen) atoms. The van der Waals surface area contributed by atoms with Crippen molar-refractivity contribution in [3.05, 3.63) is 12.2 Å². The Balaban J connectivity index is 3.18. The van der Waals surface area contributed by atoms with Gasteiger partial charge in [-0.1, -0.05) is 44.6 Å². The number of rotatable bonds is 9. The molecule has 1 nitrogen and oxygen atoms in total. The fraction of sp³-hybridized carbons (Fsp3) is 0.846. The zero-order valence-corrected chi connectivity index (χ0v) is 9.89. The Kier molecular flexibility index (Phi) is 9.06. The van der Waals surface area contributed by atoms with Gasteiger partial charge in [-0.2, -0.15) is 0 Å². The van der Waals surface area contributed by atoms with E-state index in [1.165, 1.54) is 37.7 Å². The van der Waals surface area contributed by atoms with Crippen molar-refractivity contribution in [2.45, 2.75) is 71.3 Å². The predicted octanol–water partition coefficient (Wildman–Crippen LogP) is 4.06. The fourth-order valence-electron chi connectivity index (χ4n) is 1.54. The van der Waals surface area contributed by atoms with Crippen molar-refractivity contribution in [3.8, 4) is 0 Å². The molecule has 0 heterocycles. The third kappa shape index (κ3) is 9.79. The quantitative estimate of drug-likeness (QED) is 0.437. The lowest BCUT2D eigenvalue weighted by molar-refractivity contribution is 0.151. The van der Waals surface area contributed by atoms with E-state index in [1.54, 1.807) is 0 Å². The summed E-state index contributed by atoms with van der Waals surface area (Å²) in [4.78, 5) is 0. The molecule has 0 amide bonds. The van der Waals surface area contributed by atoms with Gasteiger partial charge in [0.25, 0.3) is 0 Å². The van der Waals surface area contributed by atoms with Crippen LogP contribution in [0.15, 0.2) is 12.2 Å². The standard InChI is InChI=1S/C13H26O/c1-4-5-6-7-8-9-13(14)11-10-12(2)3/h13-14H,2,4-11H2,1,3H3. The Labute approximate surface area is 89.2 Å². The lowest BCUT2D eigenvalue weighted by Crippen LogP contribution is -2.05. The summed E-state index contributed by atoms with van der Waals surface area (Å²) in [6.45, 7) is 8.08. The summed E-state index contributed by atoms with van der Waals surface area (Å²) in [7, 11) is 0. The molecule has 0 aromatic rings. The lowest BCUT2D eigenvalue weighted by atomic mass is 10.0. The molecule has 0 spiro atoms. The van der Waals surface area contributed by atoms with Gasteiger partial charge in [0, 0.05) is 0 Å². The molecule has 0 saturated carbocycles. The minimum atomic E-state index is -0.103. The minimum Gasteiger partial charge on any atom is -0.393 e. The van der Waals surface area contributed by atoms with Gasteiger partial charge in [-0.3, -0.25) is 0 Å². The van der Waals surface area contributed by atoms with Gasteiger partial charge in [0.15, 0.2) is 0 Å². The molecule has 1 atom stereocenters. The Morgan fingerprint density at radius 1 is 1.14 bits per heavy atom. The molecule has 1 heteroatoms. The summed E-state index contributed by atoms with van der Waals surface area (Å²) < 4.78 is 0. The molecule has 0 bridgehead atoms. The van der Waals surface area contributed by atoms with Crippen LogP contribution in [-0.2, 0) is 0 Å². The SMILES string of the molecule is C=C(C)CCC(O)CCCCCCC. The fourth-order valence-corrected chi connectivity index (χ4v) is 1.54. The van der Waals surface area contributed by atoms with Gasteiger partial charge in [0.1, 0.15) is 0 Å². The maximum absolute atomic E-state index is 9.61. The van der Waals surface area contributed by atoms with Crippen molar-refractivity contribution >= 4 is 0 Å². The molecule has 84 valence electrons. The van der Waals surface area contributed by atoms with E-state index in [9.17, 15) is 5.11 Å². The van der Waals surface area contributed by atoms with Crippen molar-refractivity contribution in [3.63, 3.8) is 0 Å². The van der Waals surface area contributed by atoms with Crippen molar-refractivity contribution in [2.24, 2.45) is 0 Å². The van der Waals surface area contributed by atoms with E-state index in [2.05, 4.69) is 13.5 Å². The second kappa shape index (κ2) is 9.26. The molecule has 1 unspecified atom stereocenters. The van der Waals surface area contributed by atoms with Crippen LogP contribution in [0.2, 0.25) is 0 Å². The van der Waals surface area contributed by atoms with Gasteiger partial charge in [-0.05, 0) is 26.2 Å². The highest BCUT2D eigenvalue weighted by Gasteiger charge is 2.03. The monoisotopic (exact) mass is 198 g/mol. The number of hydrogen-bond acceptors (Lipinski definition) is 1. The second-order valence-electron chi connectivity index (χ2n) is 4.35. The third-order valence-corrected chi connectivity index (χ3v) is 2.55. The second-order valence-corrected chi connectivity index (χ2v) is 4.35. The maximum Gasteiger partial charge on any atom is 0.0543 e. The molecule has 0 radical (unpaired) electrons. The number of hydrogen-bond donors (Lipinski definition) is 1. The molecular weight excluding hydrogens is 172 g/mol. The van der Waals surface area contributed by atoms with Gasteiger partial charge >= 0.3 is 0 Å². The largest absolute Gasteiger partial charge is 0.393 e. The van der Waals surface area contributed by atoms with E-state index in [0.29, 0.717) is 0 Å². The first-order valence-electron chi connectivity index (χ1n) is 5.99. The molecule has 0 aliphatic rings. The minimum absolute atomic E-state index is 0.103. The highest BCUT2D eigenvalue weighted by atomic mass is 16.3. The average Bonchev–Trinajstić information content (AvgIpc) is 2.14. The van der Waals surface area contributed by atoms with E-state index in [4.69, 9.17) is 0 Å². The Morgan fingerprint density at radius 3 is 2.36 bits per heavy atom. The van der Waals surface area contributed by atoms with Crippen LogP contribution in [0.4, 0.5) is 0 Å². The van der Waals surface area contributed by atoms with Crippen LogP contribution in [0.3, 0.4) is 0 Å². The molecule has 0 saturated heterocycles.